The Bertz CT molecular complexity index is 1450. The Labute approximate surface area is 208 Å². The Morgan fingerprint density at radius 1 is 0.686 bits per heavy atom. The standard InChI is InChI=1S/C34H30O/c1-23-20-28(25-10-5-3-6-11-25)21-27(23)17-18-31-30-15-9-14-29(26-12-7-4-8-13-26)32(30)22-33(31)34-19-16-24(2)35-34/h3-16,19-22,27,31H,17-18H2,1-2H3. The SMILES string of the molecule is CC1=CC(c2ccccc2)=CC1CCC1C(c2ccc(C)o2)=Cc2c(-c3ccccc3)cccc21. The van der Waals surface area contributed by atoms with Crippen molar-refractivity contribution in [3.63, 3.8) is 0 Å². The third-order valence-electron chi connectivity index (χ3n) is 7.52. The van der Waals surface area contributed by atoms with Gasteiger partial charge in [0.2, 0.25) is 0 Å². The highest BCUT2D eigenvalue weighted by atomic mass is 16.3. The molecule has 6 rings (SSSR count). The lowest BCUT2D eigenvalue weighted by atomic mass is 9.85. The van der Waals surface area contributed by atoms with E-state index in [1.165, 1.54) is 44.5 Å². The lowest BCUT2D eigenvalue weighted by Gasteiger charge is -2.19. The van der Waals surface area contributed by atoms with Crippen molar-refractivity contribution in [2.75, 3.05) is 0 Å². The molecular formula is C34H30O. The first kappa shape index (κ1) is 21.7. The summed E-state index contributed by atoms with van der Waals surface area (Å²) in [7, 11) is 0. The van der Waals surface area contributed by atoms with E-state index in [1.54, 1.807) is 0 Å². The van der Waals surface area contributed by atoms with E-state index in [9.17, 15) is 0 Å². The van der Waals surface area contributed by atoms with Crippen LogP contribution < -0.4 is 0 Å². The molecule has 0 saturated heterocycles. The summed E-state index contributed by atoms with van der Waals surface area (Å²) in [5, 5.41) is 0. The zero-order valence-electron chi connectivity index (χ0n) is 20.4. The van der Waals surface area contributed by atoms with Crippen LogP contribution in [0.3, 0.4) is 0 Å². The van der Waals surface area contributed by atoms with E-state index in [1.807, 2.05) is 6.92 Å². The predicted molar refractivity (Wildman–Crippen MR) is 147 cm³/mol. The summed E-state index contributed by atoms with van der Waals surface area (Å²) in [6.07, 6.45) is 9.41. The highest BCUT2D eigenvalue weighted by molar-refractivity contribution is 5.95. The summed E-state index contributed by atoms with van der Waals surface area (Å²) in [6.45, 7) is 4.30. The van der Waals surface area contributed by atoms with Gasteiger partial charge in [-0.1, -0.05) is 96.6 Å². The Balaban J connectivity index is 1.33. The third-order valence-corrected chi connectivity index (χ3v) is 7.52. The lowest BCUT2D eigenvalue weighted by molar-refractivity contribution is 0.513. The minimum atomic E-state index is 0.334. The van der Waals surface area contributed by atoms with Crippen LogP contribution in [-0.2, 0) is 0 Å². The summed E-state index contributed by atoms with van der Waals surface area (Å²) in [4.78, 5) is 0. The molecule has 1 nitrogen and oxygen atoms in total. The molecule has 3 aromatic carbocycles. The van der Waals surface area contributed by atoms with Crippen molar-refractivity contribution < 1.29 is 4.42 Å². The first-order valence-corrected chi connectivity index (χ1v) is 12.6. The minimum absolute atomic E-state index is 0.334. The molecule has 0 N–H and O–H groups in total. The quantitative estimate of drug-likeness (QED) is 0.283. The number of hydrogen-bond acceptors (Lipinski definition) is 1. The molecule has 4 aromatic rings. The van der Waals surface area contributed by atoms with Gasteiger partial charge in [-0.25, -0.2) is 0 Å². The van der Waals surface area contributed by atoms with Crippen LogP contribution in [0.1, 0.15) is 53.9 Å². The molecule has 2 aliphatic carbocycles. The van der Waals surface area contributed by atoms with Crippen molar-refractivity contribution >= 4 is 17.2 Å². The Morgan fingerprint density at radius 2 is 1.43 bits per heavy atom. The first-order chi connectivity index (χ1) is 17.2. The molecule has 1 aromatic heterocycles. The van der Waals surface area contributed by atoms with Gasteiger partial charge in [0, 0.05) is 11.5 Å². The van der Waals surface area contributed by atoms with Crippen molar-refractivity contribution in [1.82, 2.24) is 0 Å². The topological polar surface area (TPSA) is 13.1 Å². The Hall–Kier alpha value is -3.84. The van der Waals surface area contributed by atoms with Gasteiger partial charge in [-0.2, -0.15) is 0 Å². The number of aryl methyl sites for hydroxylation is 1. The van der Waals surface area contributed by atoms with Crippen molar-refractivity contribution in [1.29, 1.82) is 0 Å². The van der Waals surface area contributed by atoms with E-state index in [-0.39, 0.29) is 0 Å². The zero-order chi connectivity index (χ0) is 23.8. The summed E-state index contributed by atoms with van der Waals surface area (Å²) in [5.41, 5.74) is 10.7. The highest BCUT2D eigenvalue weighted by Gasteiger charge is 2.30. The van der Waals surface area contributed by atoms with Gasteiger partial charge < -0.3 is 4.42 Å². The van der Waals surface area contributed by atoms with Gasteiger partial charge in [-0.3, -0.25) is 0 Å². The lowest BCUT2D eigenvalue weighted by Crippen LogP contribution is -2.03. The van der Waals surface area contributed by atoms with Gasteiger partial charge in [0.25, 0.3) is 0 Å². The van der Waals surface area contributed by atoms with Crippen LogP contribution in [-0.4, -0.2) is 0 Å². The summed E-state index contributed by atoms with van der Waals surface area (Å²) in [5.74, 6) is 2.78. The molecule has 0 bridgehead atoms. The largest absolute Gasteiger partial charge is 0.462 e. The van der Waals surface area contributed by atoms with Gasteiger partial charge in [0.1, 0.15) is 11.5 Å². The molecule has 2 aliphatic rings. The molecule has 0 amide bonds. The van der Waals surface area contributed by atoms with E-state index >= 15 is 0 Å². The number of allylic oxidation sites excluding steroid dienone is 5. The van der Waals surface area contributed by atoms with Gasteiger partial charge in [-0.15, -0.1) is 0 Å². The molecular weight excluding hydrogens is 424 g/mol. The number of rotatable bonds is 6. The summed E-state index contributed by atoms with van der Waals surface area (Å²) < 4.78 is 6.15. The molecule has 2 atom stereocenters. The van der Waals surface area contributed by atoms with Crippen LogP contribution in [0.4, 0.5) is 0 Å². The second-order valence-corrected chi connectivity index (χ2v) is 9.80. The fourth-order valence-electron chi connectivity index (χ4n) is 5.70. The normalized spacial score (nSPS) is 18.7. The number of benzene rings is 3. The van der Waals surface area contributed by atoms with E-state index in [0.29, 0.717) is 11.8 Å². The Morgan fingerprint density at radius 3 is 2.14 bits per heavy atom. The fraction of sp³-hybridized carbons (Fsp3) is 0.176. The average molecular weight is 455 g/mol. The smallest absolute Gasteiger partial charge is 0.130 e. The molecule has 0 aliphatic heterocycles. The van der Waals surface area contributed by atoms with Crippen LogP contribution in [0.25, 0.3) is 28.3 Å². The van der Waals surface area contributed by atoms with Gasteiger partial charge in [-0.05, 0) is 84.2 Å². The molecule has 1 heterocycles. The summed E-state index contributed by atoms with van der Waals surface area (Å²) >= 11 is 0. The van der Waals surface area contributed by atoms with Gasteiger partial charge in [0.05, 0.1) is 0 Å². The van der Waals surface area contributed by atoms with Crippen LogP contribution in [0.15, 0.2) is 113 Å². The molecule has 35 heavy (non-hydrogen) atoms. The van der Waals surface area contributed by atoms with Crippen LogP contribution in [0.5, 0.6) is 0 Å². The molecule has 2 unspecified atom stereocenters. The number of fused-ring (bicyclic) bond motifs is 1. The monoisotopic (exact) mass is 454 g/mol. The van der Waals surface area contributed by atoms with Gasteiger partial charge in [0.15, 0.2) is 0 Å². The third kappa shape index (κ3) is 4.12. The van der Waals surface area contributed by atoms with Crippen LogP contribution in [0.2, 0.25) is 0 Å². The maximum Gasteiger partial charge on any atom is 0.130 e. The number of hydrogen-bond donors (Lipinski definition) is 0. The average Bonchev–Trinajstić information content (AvgIpc) is 3.60. The number of furan rings is 1. The van der Waals surface area contributed by atoms with Crippen molar-refractivity contribution in [2.24, 2.45) is 5.92 Å². The van der Waals surface area contributed by atoms with Crippen molar-refractivity contribution in [3.8, 4) is 11.1 Å². The maximum absolute atomic E-state index is 6.15. The zero-order valence-corrected chi connectivity index (χ0v) is 20.4. The van der Waals surface area contributed by atoms with Crippen molar-refractivity contribution in [3.05, 3.63) is 137 Å². The second-order valence-electron chi connectivity index (χ2n) is 9.80. The maximum atomic E-state index is 6.15. The van der Waals surface area contributed by atoms with Crippen molar-refractivity contribution in [2.45, 2.75) is 32.6 Å². The molecule has 1 heteroatoms. The molecule has 0 saturated carbocycles. The first-order valence-electron chi connectivity index (χ1n) is 12.6. The predicted octanol–water partition coefficient (Wildman–Crippen LogP) is 9.33. The van der Waals surface area contributed by atoms with E-state index in [0.717, 1.165) is 24.4 Å². The van der Waals surface area contributed by atoms with Crippen LogP contribution in [0, 0.1) is 12.8 Å². The van der Waals surface area contributed by atoms with E-state index in [2.05, 4.69) is 116 Å². The molecule has 172 valence electrons. The van der Waals surface area contributed by atoms with E-state index in [4.69, 9.17) is 4.42 Å². The molecule has 0 radical (unpaired) electrons. The second kappa shape index (κ2) is 9.07. The van der Waals surface area contributed by atoms with Gasteiger partial charge >= 0.3 is 0 Å². The summed E-state index contributed by atoms with van der Waals surface area (Å²) in [6, 6.07) is 32.4. The molecule has 0 fully saturated rings. The fourth-order valence-corrected chi connectivity index (χ4v) is 5.70. The van der Waals surface area contributed by atoms with E-state index < -0.39 is 0 Å². The Kier molecular flexibility index (Phi) is 5.62. The highest BCUT2D eigenvalue weighted by Crippen LogP contribution is 2.49. The van der Waals surface area contributed by atoms with Crippen LogP contribution >= 0.6 is 0 Å². The molecule has 0 spiro atoms. The minimum Gasteiger partial charge on any atom is -0.462 e.